The molecule has 0 unspecified atom stereocenters. The second kappa shape index (κ2) is 5.85. The van der Waals surface area contributed by atoms with E-state index in [2.05, 4.69) is 0 Å². The van der Waals surface area contributed by atoms with Crippen LogP contribution >= 0.6 is 0 Å². The van der Waals surface area contributed by atoms with Crippen molar-refractivity contribution in [2.75, 3.05) is 6.61 Å². The Morgan fingerprint density at radius 1 is 1.44 bits per heavy atom. The summed E-state index contributed by atoms with van der Waals surface area (Å²) in [7, 11) is 0. The predicted molar refractivity (Wildman–Crippen MR) is 62.2 cm³/mol. The molecule has 3 nitrogen and oxygen atoms in total. The van der Waals surface area contributed by atoms with Gasteiger partial charge in [0.15, 0.2) is 0 Å². The Morgan fingerprint density at radius 2 is 2.19 bits per heavy atom. The first-order chi connectivity index (χ1) is 7.67. The average molecular weight is 218 g/mol. The van der Waals surface area contributed by atoms with Gasteiger partial charge in [-0.25, -0.2) is 4.79 Å². The Labute approximate surface area is 94.7 Å². The van der Waals surface area contributed by atoms with E-state index >= 15 is 0 Å². The lowest BCUT2D eigenvalue weighted by atomic mass is 10.1. The van der Waals surface area contributed by atoms with E-state index in [0.717, 1.165) is 17.4 Å². The Hall–Kier alpha value is -1.90. The summed E-state index contributed by atoms with van der Waals surface area (Å²) in [5, 5.41) is 0. The normalized spacial score (nSPS) is 10.4. The molecule has 0 atom stereocenters. The fraction of sp³-hybridized carbons (Fsp3) is 0.231. The van der Waals surface area contributed by atoms with Crippen LogP contribution in [0, 0.1) is 6.92 Å². The van der Waals surface area contributed by atoms with Crippen molar-refractivity contribution in [3.05, 3.63) is 41.0 Å². The van der Waals surface area contributed by atoms with Gasteiger partial charge in [-0.2, -0.15) is 0 Å². The van der Waals surface area contributed by atoms with Gasteiger partial charge in [-0.05, 0) is 37.1 Å². The Bertz CT molecular complexity index is 419. The van der Waals surface area contributed by atoms with Crippen molar-refractivity contribution < 1.29 is 14.3 Å². The van der Waals surface area contributed by atoms with Crippen LogP contribution in [0.5, 0.6) is 0 Å². The second-order valence-corrected chi connectivity index (χ2v) is 3.32. The highest BCUT2D eigenvalue weighted by Crippen LogP contribution is 2.11. The van der Waals surface area contributed by atoms with Gasteiger partial charge < -0.3 is 4.74 Å². The molecule has 0 N–H and O–H groups in total. The van der Waals surface area contributed by atoms with Crippen LogP contribution in [0.2, 0.25) is 0 Å². The van der Waals surface area contributed by atoms with Crippen LogP contribution in [0.15, 0.2) is 24.3 Å². The van der Waals surface area contributed by atoms with E-state index in [4.69, 9.17) is 4.74 Å². The van der Waals surface area contributed by atoms with E-state index in [1.807, 2.05) is 6.92 Å². The van der Waals surface area contributed by atoms with Gasteiger partial charge in [-0.1, -0.05) is 12.1 Å². The van der Waals surface area contributed by atoms with Gasteiger partial charge in [0, 0.05) is 11.6 Å². The van der Waals surface area contributed by atoms with Crippen LogP contribution in [0.1, 0.15) is 28.4 Å². The lowest BCUT2D eigenvalue weighted by Crippen LogP contribution is -1.98. The number of hydrogen-bond acceptors (Lipinski definition) is 3. The minimum absolute atomic E-state index is 0.360. The molecule has 0 aliphatic heterocycles. The topological polar surface area (TPSA) is 43.4 Å². The molecule has 3 heteroatoms. The summed E-state index contributed by atoms with van der Waals surface area (Å²) >= 11 is 0. The molecule has 0 amide bonds. The van der Waals surface area contributed by atoms with E-state index in [1.165, 1.54) is 6.08 Å². The molecule has 0 fully saturated rings. The molecule has 0 aliphatic rings. The molecular formula is C13H14O3. The summed E-state index contributed by atoms with van der Waals surface area (Å²) in [6.07, 6.45) is 3.86. The van der Waals surface area contributed by atoms with Crippen molar-refractivity contribution in [2.45, 2.75) is 13.8 Å². The third kappa shape index (κ3) is 3.35. The van der Waals surface area contributed by atoms with E-state index in [-0.39, 0.29) is 5.97 Å². The third-order valence-corrected chi connectivity index (χ3v) is 2.12. The molecule has 0 spiro atoms. The van der Waals surface area contributed by atoms with Crippen molar-refractivity contribution in [1.82, 2.24) is 0 Å². The fourth-order valence-electron chi connectivity index (χ4n) is 1.31. The summed E-state index contributed by atoms with van der Waals surface area (Å²) in [5.41, 5.74) is 2.48. The summed E-state index contributed by atoms with van der Waals surface area (Å²) < 4.78 is 4.77. The number of carbonyl (C=O) groups excluding carboxylic acids is 2. The monoisotopic (exact) mass is 218 g/mol. The van der Waals surface area contributed by atoms with Crippen molar-refractivity contribution in [3.8, 4) is 0 Å². The zero-order valence-electron chi connectivity index (χ0n) is 9.40. The number of benzene rings is 1. The first kappa shape index (κ1) is 12.2. The zero-order chi connectivity index (χ0) is 12.0. The lowest BCUT2D eigenvalue weighted by molar-refractivity contribution is -0.137. The first-order valence-corrected chi connectivity index (χ1v) is 5.08. The predicted octanol–water partition coefficient (Wildman–Crippen LogP) is 2.38. The van der Waals surface area contributed by atoms with Gasteiger partial charge in [0.05, 0.1) is 6.61 Å². The van der Waals surface area contributed by atoms with Gasteiger partial charge in [-0.15, -0.1) is 0 Å². The molecule has 1 aromatic carbocycles. The highest BCUT2D eigenvalue weighted by atomic mass is 16.5. The maximum absolute atomic E-state index is 11.1. The molecular weight excluding hydrogens is 204 g/mol. The molecule has 84 valence electrons. The largest absolute Gasteiger partial charge is 0.463 e. The van der Waals surface area contributed by atoms with Crippen molar-refractivity contribution in [3.63, 3.8) is 0 Å². The molecule has 0 aliphatic carbocycles. The molecule has 0 aromatic heterocycles. The fourth-order valence-corrected chi connectivity index (χ4v) is 1.31. The highest BCUT2D eigenvalue weighted by Gasteiger charge is 1.98. The Balaban J connectivity index is 2.81. The molecule has 0 saturated heterocycles. The third-order valence-electron chi connectivity index (χ3n) is 2.12. The van der Waals surface area contributed by atoms with E-state index in [9.17, 15) is 9.59 Å². The van der Waals surface area contributed by atoms with Crippen molar-refractivity contribution in [2.24, 2.45) is 0 Å². The Kier molecular flexibility index (Phi) is 4.45. The van der Waals surface area contributed by atoms with Gasteiger partial charge >= 0.3 is 5.97 Å². The summed E-state index contributed by atoms with van der Waals surface area (Å²) in [6.45, 7) is 4.01. The molecule has 0 bridgehead atoms. The van der Waals surface area contributed by atoms with Crippen LogP contribution in [0.4, 0.5) is 0 Å². The van der Waals surface area contributed by atoms with E-state index in [0.29, 0.717) is 12.2 Å². The number of aryl methyl sites for hydroxylation is 1. The maximum atomic E-state index is 11.1. The number of ether oxygens (including phenoxy) is 1. The van der Waals surface area contributed by atoms with Crippen LogP contribution in [-0.2, 0) is 9.53 Å². The number of esters is 1. The number of aldehydes is 1. The molecule has 1 aromatic rings. The molecule has 0 saturated carbocycles. The van der Waals surface area contributed by atoms with Crippen LogP contribution in [-0.4, -0.2) is 18.9 Å². The van der Waals surface area contributed by atoms with Gasteiger partial charge in [0.2, 0.25) is 0 Å². The summed E-state index contributed by atoms with van der Waals surface area (Å²) in [5.74, 6) is -0.360. The Morgan fingerprint density at radius 3 is 2.75 bits per heavy atom. The molecule has 0 heterocycles. The quantitative estimate of drug-likeness (QED) is 0.442. The van der Waals surface area contributed by atoms with Gasteiger partial charge in [0.1, 0.15) is 6.29 Å². The van der Waals surface area contributed by atoms with Crippen molar-refractivity contribution in [1.29, 1.82) is 0 Å². The van der Waals surface area contributed by atoms with Crippen LogP contribution in [0.25, 0.3) is 6.08 Å². The zero-order valence-corrected chi connectivity index (χ0v) is 9.40. The average Bonchev–Trinajstić information content (AvgIpc) is 2.27. The van der Waals surface area contributed by atoms with E-state index < -0.39 is 0 Å². The summed E-state index contributed by atoms with van der Waals surface area (Å²) in [6, 6.07) is 5.29. The molecule has 16 heavy (non-hydrogen) atoms. The number of rotatable bonds is 4. The van der Waals surface area contributed by atoms with Crippen LogP contribution in [0.3, 0.4) is 0 Å². The SMILES string of the molecule is CCOC(=O)C=Cc1ccc(C=O)cc1C. The second-order valence-electron chi connectivity index (χ2n) is 3.32. The minimum Gasteiger partial charge on any atom is -0.463 e. The number of hydrogen-bond donors (Lipinski definition) is 0. The maximum Gasteiger partial charge on any atom is 0.330 e. The van der Waals surface area contributed by atoms with Crippen molar-refractivity contribution >= 4 is 18.3 Å². The van der Waals surface area contributed by atoms with E-state index in [1.54, 1.807) is 31.2 Å². The molecule has 1 rings (SSSR count). The minimum atomic E-state index is -0.360. The van der Waals surface area contributed by atoms with Gasteiger partial charge in [-0.3, -0.25) is 4.79 Å². The molecule has 0 radical (unpaired) electrons. The lowest BCUT2D eigenvalue weighted by Gasteiger charge is -2.01. The standard InChI is InChI=1S/C13H14O3/c1-3-16-13(15)7-6-12-5-4-11(9-14)8-10(12)2/h4-9H,3H2,1-2H3. The first-order valence-electron chi connectivity index (χ1n) is 5.08. The smallest absolute Gasteiger partial charge is 0.330 e. The summed E-state index contributed by atoms with van der Waals surface area (Å²) in [4.78, 5) is 21.6. The number of carbonyl (C=O) groups is 2. The van der Waals surface area contributed by atoms with Gasteiger partial charge in [0.25, 0.3) is 0 Å². The van der Waals surface area contributed by atoms with Crippen LogP contribution < -0.4 is 0 Å². The highest BCUT2D eigenvalue weighted by molar-refractivity contribution is 5.87.